The van der Waals surface area contributed by atoms with Gasteiger partial charge in [0.15, 0.2) is 0 Å². The molecule has 21 heavy (non-hydrogen) atoms. The number of hydrogen-bond acceptors (Lipinski definition) is 4. The molecule has 1 aromatic heterocycles. The first kappa shape index (κ1) is 17.6. The number of rotatable bonds is 7. The Hall–Kier alpha value is -1.41. The van der Waals surface area contributed by atoms with Crippen molar-refractivity contribution in [2.75, 3.05) is 25.1 Å². The predicted molar refractivity (Wildman–Crippen MR) is 79.3 cm³/mol. The summed E-state index contributed by atoms with van der Waals surface area (Å²) in [5.41, 5.74) is 4.77. The van der Waals surface area contributed by atoms with Gasteiger partial charge in [0.05, 0.1) is 12.2 Å². The van der Waals surface area contributed by atoms with Crippen LogP contribution in [0.5, 0.6) is 0 Å². The third-order valence-electron chi connectivity index (χ3n) is 2.44. The van der Waals surface area contributed by atoms with Crippen LogP contribution in [0.15, 0.2) is 12.1 Å². The van der Waals surface area contributed by atoms with E-state index >= 15 is 0 Å². The lowest BCUT2D eigenvalue weighted by molar-refractivity contribution is -0.141. The number of ether oxygens (including phenoxy) is 1. The highest BCUT2D eigenvalue weighted by Crippen LogP contribution is 2.29. The van der Waals surface area contributed by atoms with Crippen LogP contribution < -0.4 is 11.1 Å². The molecule has 0 atom stereocenters. The molecule has 1 aromatic rings. The van der Waals surface area contributed by atoms with Gasteiger partial charge >= 0.3 is 6.18 Å². The summed E-state index contributed by atoms with van der Waals surface area (Å²) in [5.74, 6) is 0.411. The van der Waals surface area contributed by atoms with Crippen molar-refractivity contribution >= 4 is 23.0 Å². The summed E-state index contributed by atoms with van der Waals surface area (Å²) in [5, 5.41) is 2.78. The van der Waals surface area contributed by atoms with Gasteiger partial charge in [-0.15, -0.1) is 0 Å². The van der Waals surface area contributed by atoms with E-state index < -0.39 is 11.9 Å². The second-order valence-corrected chi connectivity index (χ2v) is 5.29. The van der Waals surface area contributed by atoms with E-state index in [9.17, 15) is 13.2 Å². The molecule has 0 radical (unpaired) electrons. The molecule has 0 unspecified atom stereocenters. The Morgan fingerprint density at radius 1 is 1.43 bits per heavy atom. The Morgan fingerprint density at radius 2 is 2.10 bits per heavy atom. The van der Waals surface area contributed by atoms with Crippen molar-refractivity contribution in [3.05, 3.63) is 23.4 Å². The van der Waals surface area contributed by atoms with Gasteiger partial charge in [-0.25, -0.2) is 4.98 Å². The first-order valence-corrected chi connectivity index (χ1v) is 6.82. The van der Waals surface area contributed by atoms with Crippen molar-refractivity contribution in [1.29, 1.82) is 0 Å². The van der Waals surface area contributed by atoms with Crippen molar-refractivity contribution < 1.29 is 17.9 Å². The average molecular weight is 321 g/mol. The van der Waals surface area contributed by atoms with E-state index in [0.29, 0.717) is 25.7 Å². The van der Waals surface area contributed by atoms with E-state index in [1.807, 2.05) is 13.8 Å². The van der Waals surface area contributed by atoms with E-state index in [1.165, 1.54) is 6.07 Å². The molecule has 0 spiro atoms. The highest BCUT2D eigenvalue weighted by atomic mass is 32.1. The van der Waals surface area contributed by atoms with E-state index in [1.54, 1.807) is 0 Å². The second-order valence-electron chi connectivity index (χ2n) is 4.85. The van der Waals surface area contributed by atoms with Crippen molar-refractivity contribution in [2.24, 2.45) is 11.7 Å². The van der Waals surface area contributed by atoms with Crippen LogP contribution in [-0.2, 0) is 10.9 Å². The molecular formula is C13H18F3N3OS. The monoisotopic (exact) mass is 321 g/mol. The lowest BCUT2D eigenvalue weighted by Crippen LogP contribution is -2.20. The second kappa shape index (κ2) is 7.56. The smallest absolute Gasteiger partial charge is 0.389 e. The Balaban J connectivity index is 2.75. The Bertz CT molecular complexity index is 492. The SMILES string of the molecule is CC(C)COCCNc1nc(C(F)(F)F)ccc1C(N)=S. The van der Waals surface area contributed by atoms with Crippen LogP contribution in [0.1, 0.15) is 25.1 Å². The van der Waals surface area contributed by atoms with Gasteiger partial charge in [-0.2, -0.15) is 13.2 Å². The molecule has 0 saturated carbocycles. The number of aromatic nitrogens is 1. The molecule has 0 aromatic carbocycles. The minimum atomic E-state index is -4.51. The maximum Gasteiger partial charge on any atom is 0.433 e. The Morgan fingerprint density at radius 3 is 2.62 bits per heavy atom. The van der Waals surface area contributed by atoms with Crippen molar-refractivity contribution in [3.8, 4) is 0 Å². The zero-order valence-electron chi connectivity index (χ0n) is 11.8. The minimum Gasteiger partial charge on any atom is -0.389 e. The average Bonchev–Trinajstić information content (AvgIpc) is 2.36. The number of anilines is 1. The molecule has 0 bridgehead atoms. The topological polar surface area (TPSA) is 60.2 Å². The molecule has 0 fully saturated rings. The third kappa shape index (κ3) is 5.84. The molecule has 8 heteroatoms. The Labute approximate surface area is 126 Å². The number of halogens is 3. The molecule has 1 rings (SSSR count). The first-order chi connectivity index (χ1) is 9.71. The minimum absolute atomic E-state index is 0.0122. The molecule has 1 heterocycles. The number of nitrogens with zero attached hydrogens (tertiary/aromatic N) is 1. The molecule has 4 nitrogen and oxygen atoms in total. The van der Waals surface area contributed by atoms with Gasteiger partial charge in [-0.1, -0.05) is 26.1 Å². The van der Waals surface area contributed by atoms with E-state index in [4.69, 9.17) is 22.7 Å². The standard InChI is InChI=1S/C13H18F3N3OS/c1-8(2)7-20-6-5-18-12-9(11(17)21)3-4-10(19-12)13(14,15)16/h3-4,8H,5-7H2,1-2H3,(H2,17,21)(H,18,19). The van der Waals surface area contributed by atoms with Gasteiger partial charge < -0.3 is 15.8 Å². The molecule has 118 valence electrons. The zero-order valence-corrected chi connectivity index (χ0v) is 12.6. The Kier molecular flexibility index (Phi) is 6.35. The van der Waals surface area contributed by atoms with Crippen LogP contribution in [0.2, 0.25) is 0 Å². The molecule has 0 aliphatic carbocycles. The molecular weight excluding hydrogens is 303 g/mol. The number of hydrogen-bond donors (Lipinski definition) is 2. The van der Waals surface area contributed by atoms with Crippen molar-refractivity contribution in [1.82, 2.24) is 4.98 Å². The molecule has 0 saturated heterocycles. The summed E-state index contributed by atoms with van der Waals surface area (Å²) >= 11 is 4.81. The lowest BCUT2D eigenvalue weighted by atomic mass is 10.2. The number of alkyl halides is 3. The lowest BCUT2D eigenvalue weighted by Gasteiger charge is -2.14. The normalized spacial score (nSPS) is 11.7. The van der Waals surface area contributed by atoms with Gasteiger partial charge in [0.2, 0.25) is 0 Å². The quantitative estimate of drug-likeness (QED) is 0.597. The molecule has 0 aliphatic heterocycles. The predicted octanol–water partition coefficient (Wildman–Crippen LogP) is 2.82. The van der Waals surface area contributed by atoms with E-state index in [-0.39, 0.29) is 16.4 Å². The number of thiocarbonyl (C=S) groups is 1. The summed E-state index contributed by atoms with van der Waals surface area (Å²) < 4.78 is 43.3. The summed E-state index contributed by atoms with van der Waals surface area (Å²) in [6.07, 6.45) is -4.51. The largest absolute Gasteiger partial charge is 0.433 e. The van der Waals surface area contributed by atoms with E-state index in [2.05, 4.69) is 10.3 Å². The van der Waals surface area contributed by atoms with Crippen LogP contribution in [0.4, 0.5) is 19.0 Å². The maximum absolute atomic E-state index is 12.7. The summed E-state index contributed by atoms with van der Waals surface area (Å²) in [7, 11) is 0. The van der Waals surface area contributed by atoms with Crippen LogP contribution in [0, 0.1) is 5.92 Å². The number of nitrogens with two attached hydrogens (primary N) is 1. The highest BCUT2D eigenvalue weighted by molar-refractivity contribution is 7.80. The fraction of sp³-hybridized carbons (Fsp3) is 0.538. The van der Waals surface area contributed by atoms with Gasteiger partial charge in [0.25, 0.3) is 0 Å². The summed E-state index contributed by atoms with van der Waals surface area (Å²) in [6, 6.07) is 2.07. The van der Waals surface area contributed by atoms with Crippen molar-refractivity contribution in [3.63, 3.8) is 0 Å². The molecule has 0 aliphatic rings. The molecule has 0 amide bonds. The van der Waals surface area contributed by atoms with Crippen LogP contribution in [0.25, 0.3) is 0 Å². The van der Waals surface area contributed by atoms with E-state index in [0.717, 1.165) is 6.07 Å². The maximum atomic E-state index is 12.7. The van der Waals surface area contributed by atoms with Gasteiger partial charge in [0, 0.05) is 13.2 Å². The van der Waals surface area contributed by atoms with Crippen LogP contribution in [-0.4, -0.2) is 29.7 Å². The van der Waals surface area contributed by atoms with Crippen LogP contribution in [0.3, 0.4) is 0 Å². The van der Waals surface area contributed by atoms with Crippen LogP contribution >= 0.6 is 12.2 Å². The van der Waals surface area contributed by atoms with Gasteiger partial charge in [0.1, 0.15) is 16.5 Å². The summed E-state index contributed by atoms with van der Waals surface area (Å²) in [4.78, 5) is 3.53. The highest BCUT2D eigenvalue weighted by Gasteiger charge is 2.33. The van der Waals surface area contributed by atoms with Crippen molar-refractivity contribution in [2.45, 2.75) is 20.0 Å². The number of nitrogens with one attached hydrogen (secondary N) is 1. The fourth-order valence-corrected chi connectivity index (χ4v) is 1.68. The third-order valence-corrected chi connectivity index (χ3v) is 2.66. The van der Waals surface area contributed by atoms with Gasteiger partial charge in [-0.05, 0) is 18.1 Å². The zero-order chi connectivity index (χ0) is 16.0. The molecule has 3 N–H and O–H groups in total. The fourth-order valence-electron chi connectivity index (χ4n) is 1.51. The number of pyridine rings is 1. The first-order valence-electron chi connectivity index (χ1n) is 6.41. The summed E-state index contributed by atoms with van der Waals surface area (Å²) in [6.45, 7) is 5.27. The van der Waals surface area contributed by atoms with Gasteiger partial charge in [-0.3, -0.25) is 0 Å².